The molecule has 0 unspecified atom stereocenters. The summed E-state index contributed by atoms with van der Waals surface area (Å²) in [6.45, 7) is 5.75. The van der Waals surface area contributed by atoms with Crippen molar-refractivity contribution in [3.63, 3.8) is 0 Å². The molecule has 0 spiro atoms. The van der Waals surface area contributed by atoms with Gasteiger partial charge in [-0.2, -0.15) is 0 Å². The lowest BCUT2D eigenvalue weighted by molar-refractivity contribution is 0.102. The number of rotatable bonds is 6. The molecule has 5 rings (SSSR count). The van der Waals surface area contributed by atoms with Crippen molar-refractivity contribution in [1.82, 2.24) is 9.80 Å². The molecule has 1 saturated heterocycles. The fraction of sp³-hybridized carbons (Fsp3) is 0.276. The van der Waals surface area contributed by atoms with E-state index in [9.17, 15) is 4.79 Å². The second-order valence-corrected chi connectivity index (χ2v) is 9.17. The third-order valence-electron chi connectivity index (χ3n) is 6.76. The van der Waals surface area contributed by atoms with E-state index >= 15 is 0 Å². The van der Waals surface area contributed by atoms with Crippen LogP contribution in [-0.2, 0) is 0 Å². The van der Waals surface area contributed by atoms with Gasteiger partial charge in [0.1, 0.15) is 17.1 Å². The maximum Gasteiger partial charge on any atom is 0.255 e. The molecule has 35 heavy (non-hydrogen) atoms. The largest absolute Gasteiger partial charge is 0.497 e. The summed E-state index contributed by atoms with van der Waals surface area (Å²) in [5, 5.41) is 4.09. The summed E-state index contributed by atoms with van der Waals surface area (Å²) in [7, 11) is 3.82. The number of methoxy groups -OCH3 is 1. The summed E-state index contributed by atoms with van der Waals surface area (Å²) in [6, 6.07) is 23.5. The molecule has 0 bridgehead atoms. The van der Waals surface area contributed by atoms with Gasteiger partial charge in [0.2, 0.25) is 0 Å². The van der Waals surface area contributed by atoms with Gasteiger partial charge in [-0.25, -0.2) is 0 Å². The van der Waals surface area contributed by atoms with Gasteiger partial charge in [-0.05, 0) is 55.9 Å². The fourth-order valence-corrected chi connectivity index (χ4v) is 4.67. The number of benzene rings is 3. The van der Waals surface area contributed by atoms with Crippen LogP contribution in [-0.4, -0.2) is 56.0 Å². The monoisotopic (exact) mass is 469 g/mol. The van der Waals surface area contributed by atoms with Gasteiger partial charge in [0.05, 0.1) is 18.8 Å². The number of hydrogen-bond donors (Lipinski definition) is 1. The number of amides is 1. The molecule has 0 aliphatic carbocycles. The molecular formula is C29H31N3O3. The van der Waals surface area contributed by atoms with Gasteiger partial charge in [-0.1, -0.05) is 42.0 Å². The van der Waals surface area contributed by atoms with Crippen LogP contribution in [0.3, 0.4) is 0 Å². The van der Waals surface area contributed by atoms with E-state index in [1.807, 2.05) is 67.6 Å². The Hall–Kier alpha value is -3.61. The van der Waals surface area contributed by atoms with Crippen LogP contribution in [0.2, 0.25) is 0 Å². The fourth-order valence-electron chi connectivity index (χ4n) is 4.67. The quantitative estimate of drug-likeness (QED) is 0.413. The van der Waals surface area contributed by atoms with Gasteiger partial charge in [0.15, 0.2) is 0 Å². The Morgan fingerprint density at radius 3 is 2.31 bits per heavy atom. The van der Waals surface area contributed by atoms with Gasteiger partial charge >= 0.3 is 0 Å². The molecule has 3 aromatic carbocycles. The number of piperazine rings is 1. The molecular weight excluding hydrogens is 438 g/mol. The number of carbonyl (C=O) groups excluding carboxylic acids is 1. The first-order valence-corrected chi connectivity index (χ1v) is 12.0. The molecule has 2 heterocycles. The summed E-state index contributed by atoms with van der Waals surface area (Å²) in [4.78, 5) is 18.1. The van der Waals surface area contributed by atoms with Crippen molar-refractivity contribution < 1.29 is 13.9 Å². The molecule has 1 aliphatic heterocycles. The first-order chi connectivity index (χ1) is 17.0. The molecule has 1 atom stereocenters. The third kappa shape index (κ3) is 4.81. The predicted octanol–water partition coefficient (Wildman–Crippen LogP) is 5.34. The van der Waals surface area contributed by atoms with Crippen LogP contribution in [0.15, 0.2) is 77.2 Å². The van der Waals surface area contributed by atoms with E-state index in [-0.39, 0.29) is 11.9 Å². The topological polar surface area (TPSA) is 58.0 Å². The molecule has 1 fully saturated rings. The van der Waals surface area contributed by atoms with E-state index in [1.165, 1.54) is 0 Å². The Bertz CT molecular complexity index is 1300. The van der Waals surface area contributed by atoms with E-state index < -0.39 is 0 Å². The Morgan fingerprint density at radius 1 is 0.943 bits per heavy atom. The van der Waals surface area contributed by atoms with E-state index in [4.69, 9.17) is 9.15 Å². The standard InChI is InChI=1S/C29H31N3O3/c1-20-8-10-22(11-9-20)29(33)30-26-24-6-4-5-7-25(24)35-28(26)27(32-18-16-31(2)17-19-32)21-12-14-23(34-3)15-13-21/h4-15,27H,16-19H2,1-3H3,(H,30,33)/t27-/m0/s1. The molecule has 1 aliphatic rings. The molecule has 6 nitrogen and oxygen atoms in total. The van der Waals surface area contributed by atoms with Crippen molar-refractivity contribution in [2.24, 2.45) is 0 Å². The van der Waals surface area contributed by atoms with Crippen LogP contribution >= 0.6 is 0 Å². The highest BCUT2D eigenvalue weighted by Crippen LogP contribution is 2.41. The van der Waals surface area contributed by atoms with E-state index in [2.05, 4.69) is 34.3 Å². The number of para-hydroxylation sites is 1. The lowest BCUT2D eigenvalue weighted by Crippen LogP contribution is -2.46. The molecule has 180 valence electrons. The SMILES string of the molecule is COc1ccc([C@@H](c2oc3ccccc3c2NC(=O)c2ccc(C)cc2)N2CCN(C)CC2)cc1. The number of ether oxygens (including phenoxy) is 1. The van der Waals surface area contributed by atoms with Crippen molar-refractivity contribution >= 4 is 22.6 Å². The van der Waals surface area contributed by atoms with Crippen molar-refractivity contribution in [1.29, 1.82) is 0 Å². The summed E-state index contributed by atoms with van der Waals surface area (Å²) in [6.07, 6.45) is 0. The summed E-state index contributed by atoms with van der Waals surface area (Å²) >= 11 is 0. The first kappa shape index (κ1) is 23.1. The highest BCUT2D eigenvalue weighted by molar-refractivity contribution is 6.09. The predicted molar refractivity (Wildman–Crippen MR) is 139 cm³/mol. The molecule has 4 aromatic rings. The Kier molecular flexibility index (Phi) is 6.57. The number of likely N-dealkylation sites (N-methyl/N-ethyl adjacent to an activating group) is 1. The number of furan rings is 1. The molecule has 1 N–H and O–H groups in total. The number of carbonyl (C=O) groups is 1. The number of nitrogens with zero attached hydrogens (tertiary/aromatic N) is 2. The second kappa shape index (κ2) is 9.94. The van der Waals surface area contributed by atoms with Gasteiger partial charge in [-0.15, -0.1) is 0 Å². The highest BCUT2D eigenvalue weighted by atomic mass is 16.5. The smallest absolute Gasteiger partial charge is 0.255 e. The van der Waals surface area contributed by atoms with Gasteiger partial charge < -0.3 is 19.4 Å². The maximum absolute atomic E-state index is 13.3. The van der Waals surface area contributed by atoms with Crippen molar-refractivity contribution in [3.05, 3.63) is 95.2 Å². The number of aryl methyl sites for hydroxylation is 1. The molecule has 1 amide bonds. The molecule has 0 radical (unpaired) electrons. The van der Waals surface area contributed by atoms with Crippen LogP contribution in [0.5, 0.6) is 5.75 Å². The molecule has 0 saturated carbocycles. The van der Waals surface area contributed by atoms with Gasteiger partial charge in [0.25, 0.3) is 5.91 Å². The molecule has 1 aromatic heterocycles. The Morgan fingerprint density at radius 2 is 1.63 bits per heavy atom. The van der Waals surface area contributed by atoms with E-state index in [0.29, 0.717) is 5.56 Å². The highest BCUT2D eigenvalue weighted by Gasteiger charge is 2.32. The molecule has 6 heteroatoms. The average Bonchev–Trinajstić information content (AvgIpc) is 3.24. The number of hydrogen-bond acceptors (Lipinski definition) is 5. The first-order valence-electron chi connectivity index (χ1n) is 12.0. The zero-order chi connectivity index (χ0) is 24.4. The Labute approximate surface area is 206 Å². The minimum Gasteiger partial charge on any atom is -0.497 e. The zero-order valence-corrected chi connectivity index (χ0v) is 20.5. The van der Waals surface area contributed by atoms with Crippen molar-refractivity contribution in [3.8, 4) is 5.75 Å². The van der Waals surface area contributed by atoms with Crippen molar-refractivity contribution in [2.75, 3.05) is 45.7 Å². The van der Waals surface area contributed by atoms with Crippen LogP contribution in [0.4, 0.5) is 5.69 Å². The van der Waals surface area contributed by atoms with Crippen molar-refractivity contribution in [2.45, 2.75) is 13.0 Å². The average molecular weight is 470 g/mol. The zero-order valence-electron chi connectivity index (χ0n) is 20.5. The van der Waals surface area contributed by atoms with Crippen LogP contribution in [0.25, 0.3) is 11.0 Å². The number of anilines is 1. The normalized spacial score (nSPS) is 15.7. The van der Waals surface area contributed by atoms with Crippen LogP contribution in [0, 0.1) is 6.92 Å². The van der Waals surface area contributed by atoms with Crippen LogP contribution in [0.1, 0.15) is 33.3 Å². The minimum atomic E-state index is -0.148. The van der Waals surface area contributed by atoms with Gasteiger partial charge in [0, 0.05) is 37.1 Å². The van der Waals surface area contributed by atoms with E-state index in [0.717, 1.165) is 65.5 Å². The van der Waals surface area contributed by atoms with Gasteiger partial charge in [-0.3, -0.25) is 9.69 Å². The number of fused-ring (bicyclic) bond motifs is 1. The van der Waals surface area contributed by atoms with E-state index in [1.54, 1.807) is 7.11 Å². The third-order valence-corrected chi connectivity index (χ3v) is 6.76. The number of nitrogens with one attached hydrogen (secondary N) is 1. The summed E-state index contributed by atoms with van der Waals surface area (Å²) in [5.74, 6) is 1.41. The summed E-state index contributed by atoms with van der Waals surface area (Å²) < 4.78 is 11.9. The maximum atomic E-state index is 13.3. The summed E-state index contributed by atoms with van der Waals surface area (Å²) in [5.41, 5.74) is 4.32. The minimum absolute atomic E-state index is 0.143. The Balaban J connectivity index is 1.60. The lowest BCUT2D eigenvalue weighted by atomic mass is 9.99. The lowest BCUT2D eigenvalue weighted by Gasteiger charge is -2.37. The van der Waals surface area contributed by atoms with Crippen LogP contribution < -0.4 is 10.1 Å². The second-order valence-electron chi connectivity index (χ2n) is 9.17.